The van der Waals surface area contributed by atoms with Gasteiger partial charge in [-0.3, -0.25) is 0 Å². The summed E-state index contributed by atoms with van der Waals surface area (Å²) in [6.07, 6.45) is 1.57. The van der Waals surface area contributed by atoms with Gasteiger partial charge in [0.15, 0.2) is 0 Å². The number of carbonyl (C=O) groups excluding carboxylic acids is 1. The smallest absolute Gasteiger partial charge is 0.317 e. The fourth-order valence-corrected chi connectivity index (χ4v) is 3.10. The van der Waals surface area contributed by atoms with Gasteiger partial charge in [0.25, 0.3) is 0 Å². The molecule has 1 unspecified atom stereocenters. The molecule has 0 aliphatic carbocycles. The Bertz CT molecular complexity index is 701. The first kappa shape index (κ1) is 20.0. The third-order valence-corrected chi connectivity index (χ3v) is 4.56. The normalized spacial score (nSPS) is 11.8. The van der Waals surface area contributed by atoms with Crippen LogP contribution in [0, 0.1) is 13.8 Å². The van der Waals surface area contributed by atoms with E-state index in [1.165, 1.54) is 22.3 Å². The van der Waals surface area contributed by atoms with E-state index in [2.05, 4.69) is 49.5 Å². The Morgan fingerprint density at radius 2 is 1.85 bits per heavy atom. The Kier molecular flexibility index (Phi) is 7.67. The van der Waals surface area contributed by atoms with Crippen LogP contribution in [0.4, 0.5) is 4.79 Å². The van der Waals surface area contributed by atoms with Crippen LogP contribution in [0.3, 0.4) is 0 Å². The number of aryl methyl sites for hydroxylation is 2. The van der Waals surface area contributed by atoms with E-state index in [0.717, 1.165) is 12.8 Å². The maximum atomic E-state index is 12.6. The molecule has 4 heteroatoms. The van der Waals surface area contributed by atoms with Gasteiger partial charge in [0.05, 0.1) is 6.61 Å². The Balaban J connectivity index is 1.90. The third-order valence-electron chi connectivity index (χ3n) is 4.56. The highest BCUT2D eigenvalue weighted by Gasteiger charge is 2.16. The second-order valence-corrected chi connectivity index (χ2v) is 6.93. The summed E-state index contributed by atoms with van der Waals surface area (Å²) in [5.41, 5.74) is 4.94. The van der Waals surface area contributed by atoms with Gasteiger partial charge in [-0.15, -0.1) is 0 Å². The lowest BCUT2D eigenvalue weighted by atomic mass is 10.00. The molecule has 1 atom stereocenters. The number of rotatable bonds is 8. The van der Waals surface area contributed by atoms with E-state index in [-0.39, 0.29) is 18.7 Å². The Hall–Kier alpha value is -2.33. The molecule has 2 aromatic rings. The van der Waals surface area contributed by atoms with Crippen LogP contribution in [0.5, 0.6) is 0 Å². The fraction of sp³-hybridized carbons (Fsp3) is 0.409. The molecule has 0 aliphatic rings. The van der Waals surface area contributed by atoms with Gasteiger partial charge >= 0.3 is 6.03 Å². The summed E-state index contributed by atoms with van der Waals surface area (Å²) in [6, 6.07) is 16.4. The lowest BCUT2D eigenvalue weighted by Gasteiger charge is -2.25. The summed E-state index contributed by atoms with van der Waals surface area (Å²) in [5, 5.41) is 12.4. The van der Waals surface area contributed by atoms with Crippen molar-refractivity contribution in [1.82, 2.24) is 10.2 Å². The van der Waals surface area contributed by atoms with Crippen molar-refractivity contribution in [1.29, 1.82) is 0 Å². The van der Waals surface area contributed by atoms with Crippen molar-refractivity contribution in [2.24, 2.45) is 0 Å². The molecule has 2 aromatic carbocycles. The molecule has 2 amide bonds. The Labute approximate surface area is 156 Å². The highest BCUT2D eigenvalue weighted by Crippen LogP contribution is 2.13. The number of amides is 2. The minimum Gasteiger partial charge on any atom is -0.395 e. The van der Waals surface area contributed by atoms with Gasteiger partial charge < -0.3 is 15.3 Å². The molecular formula is C22H30N2O2. The van der Waals surface area contributed by atoms with E-state index < -0.39 is 0 Å². The van der Waals surface area contributed by atoms with Gasteiger partial charge in [-0.05, 0) is 50.3 Å². The lowest BCUT2D eigenvalue weighted by Crippen LogP contribution is -2.46. The SMILES string of the molecule is Cc1ccc(CC(C)NC(=O)N(CCO)CCc2ccccc2)c(C)c1. The number of nitrogens with zero attached hydrogens (tertiary/aromatic N) is 1. The molecule has 0 radical (unpaired) electrons. The van der Waals surface area contributed by atoms with E-state index >= 15 is 0 Å². The molecule has 26 heavy (non-hydrogen) atoms. The third kappa shape index (κ3) is 6.19. The number of aliphatic hydroxyl groups excluding tert-OH is 1. The van der Waals surface area contributed by atoms with E-state index in [0.29, 0.717) is 13.1 Å². The number of nitrogens with one attached hydrogen (secondary N) is 1. The van der Waals surface area contributed by atoms with Crippen LogP contribution in [0.1, 0.15) is 29.2 Å². The molecular weight excluding hydrogens is 324 g/mol. The molecule has 0 spiro atoms. The molecule has 0 aromatic heterocycles. The van der Waals surface area contributed by atoms with Crippen molar-refractivity contribution < 1.29 is 9.90 Å². The van der Waals surface area contributed by atoms with Crippen molar-refractivity contribution in [2.75, 3.05) is 19.7 Å². The molecule has 0 aliphatic heterocycles. The zero-order chi connectivity index (χ0) is 18.9. The molecule has 0 saturated carbocycles. The highest BCUT2D eigenvalue weighted by atomic mass is 16.3. The molecule has 2 rings (SSSR count). The number of hydrogen-bond acceptors (Lipinski definition) is 2. The summed E-state index contributed by atoms with van der Waals surface area (Å²) in [5.74, 6) is 0. The Morgan fingerprint density at radius 3 is 2.50 bits per heavy atom. The summed E-state index contributed by atoms with van der Waals surface area (Å²) in [7, 11) is 0. The van der Waals surface area contributed by atoms with Gasteiger partial charge in [0.2, 0.25) is 0 Å². The summed E-state index contributed by atoms with van der Waals surface area (Å²) >= 11 is 0. The molecule has 0 heterocycles. The summed E-state index contributed by atoms with van der Waals surface area (Å²) < 4.78 is 0. The molecule has 0 fully saturated rings. The van der Waals surface area contributed by atoms with Gasteiger partial charge in [0, 0.05) is 19.1 Å². The Morgan fingerprint density at radius 1 is 1.12 bits per heavy atom. The van der Waals surface area contributed by atoms with Crippen LogP contribution in [0.25, 0.3) is 0 Å². The zero-order valence-electron chi connectivity index (χ0n) is 16.0. The number of hydrogen-bond donors (Lipinski definition) is 2. The minimum atomic E-state index is -0.118. The van der Waals surface area contributed by atoms with Crippen molar-refractivity contribution in [3.8, 4) is 0 Å². The van der Waals surface area contributed by atoms with Gasteiger partial charge in [-0.2, -0.15) is 0 Å². The van der Waals surface area contributed by atoms with E-state index in [9.17, 15) is 9.90 Å². The predicted molar refractivity (Wildman–Crippen MR) is 106 cm³/mol. The topological polar surface area (TPSA) is 52.6 Å². The van der Waals surface area contributed by atoms with E-state index in [1.54, 1.807) is 4.90 Å². The summed E-state index contributed by atoms with van der Waals surface area (Å²) in [4.78, 5) is 14.3. The van der Waals surface area contributed by atoms with Crippen LogP contribution in [-0.2, 0) is 12.8 Å². The second-order valence-electron chi connectivity index (χ2n) is 6.93. The highest BCUT2D eigenvalue weighted by molar-refractivity contribution is 5.74. The van der Waals surface area contributed by atoms with Crippen molar-refractivity contribution in [3.05, 3.63) is 70.8 Å². The lowest BCUT2D eigenvalue weighted by molar-refractivity contribution is 0.175. The van der Waals surface area contributed by atoms with Crippen molar-refractivity contribution in [2.45, 2.75) is 39.7 Å². The average molecular weight is 354 g/mol. The van der Waals surface area contributed by atoms with Crippen LogP contribution in [-0.4, -0.2) is 41.8 Å². The standard InChI is InChI=1S/C22H30N2O2/c1-17-9-10-21(18(2)15-17)16-19(3)23-22(26)24(13-14-25)12-11-20-7-5-4-6-8-20/h4-10,15,19,25H,11-14,16H2,1-3H3,(H,23,26). The predicted octanol–water partition coefficient (Wildman–Crippen LogP) is 3.48. The first-order chi connectivity index (χ1) is 12.5. The van der Waals surface area contributed by atoms with Crippen molar-refractivity contribution in [3.63, 3.8) is 0 Å². The summed E-state index contributed by atoms with van der Waals surface area (Å²) in [6.45, 7) is 7.11. The van der Waals surface area contributed by atoms with E-state index in [1.807, 2.05) is 25.1 Å². The van der Waals surface area contributed by atoms with Crippen LogP contribution in [0.15, 0.2) is 48.5 Å². The van der Waals surface area contributed by atoms with Gasteiger partial charge in [0.1, 0.15) is 0 Å². The molecule has 4 nitrogen and oxygen atoms in total. The average Bonchev–Trinajstić information content (AvgIpc) is 2.61. The second kappa shape index (κ2) is 9.97. The maximum absolute atomic E-state index is 12.6. The van der Waals surface area contributed by atoms with Crippen LogP contribution >= 0.6 is 0 Å². The molecule has 2 N–H and O–H groups in total. The molecule has 140 valence electrons. The first-order valence-corrected chi connectivity index (χ1v) is 9.26. The molecule has 0 bridgehead atoms. The molecule has 0 saturated heterocycles. The maximum Gasteiger partial charge on any atom is 0.317 e. The number of carbonyl (C=O) groups is 1. The zero-order valence-corrected chi connectivity index (χ0v) is 16.0. The quantitative estimate of drug-likeness (QED) is 0.762. The van der Waals surface area contributed by atoms with Gasteiger partial charge in [-0.1, -0.05) is 54.1 Å². The number of urea groups is 1. The minimum absolute atomic E-state index is 0.0295. The largest absolute Gasteiger partial charge is 0.395 e. The van der Waals surface area contributed by atoms with E-state index in [4.69, 9.17) is 0 Å². The monoisotopic (exact) mass is 354 g/mol. The van der Waals surface area contributed by atoms with Crippen LogP contribution < -0.4 is 5.32 Å². The van der Waals surface area contributed by atoms with Gasteiger partial charge in [-0.25, -0.2) is 4.79 Å². The van der Waals surface area contributed by atoms with Crippen molar-refractivity contribution >= 4 is 6.03 Å². The first-order valence-electron chi connectivity index (χ1n) is 9.26. The fourth-order valence-electron chi connectivity index (χ4n) is 3.10. The number of benzene rings is 2. The number of aliphatic hydroxyl groups is 1. The van der Waals surface area contributed by atoms with Crippen LogP contribution in [0.2, 0.25) is 0 Å².